The molecule has 0 aliphatic heterocycles. The highest BCUT2D eigenvalue weighted by Gasteiger charge is 2.17. The minimum atomic E-state index is -0.433. The highest BCUT2D eigenvalue weighted by Crippen LogP contribution is 2.33. The Balaban J connectivity index is 0.00000243. The van der Waals surface area contributed by atoms with E-state index in [9.17, 15) is 14.3 Å². The monoisotopic (exact) mass is 374 g/mol. The quantitative estimate of drug-likeness (QED) is 0.455. The molecule has 0 amide bonds. The summed E-state index contributed by atoms with van der Waals surface area (Å²) >= 11 is 0. The minimum absolute atomic E-state index is 0. The fourth-order valence-corrected chi connectivity index (χ4v) is 2.82. The fourth-order valence-electron chi connectivity index (χ4n) is 2.82. The van der Waals surface area contributed by atoms with Crippen molar-refractivity contribution in [2.45, 2.75) is 26.7 Å². The van der Waals surface area contributed by atoms with Crippen LogP contribution in [-0.4, -0.2) is 15.9 Å². The minimum Gasteiger partial charge on any atom is -0.508 e. The average Bonchev–Trinajstić information content (AvgIpc) is 2.58. The molecule has 3 rings (SSSR count). The fraction of sp³-hybridized carbons (Fsp3) is 0.200. The van der Waals surface area contributed by atoms with Gasteiger partial charge in [-0.25, -0.2) is 4.39 Å². The summed E-state index contributed by atoms with van der Waals surface area (Å²) in [5.74, 6) is -0.312. The van der Waals surface area contributed by atoms with Crippen molar-refractivity contribution in [2.24, 2.45) is 0 Å². The van der Waals surface area contributed by atoms with E-state index in [0.29, 0.717) is 23.1 Å². The second kappa shape index (κ2) is 8.15. The van der Waals surface area contributed by atoms with Gasteiger partial charge in [-0.15, -0.1) is 12.4 Å². The average molecular weight is 375 g/mol. The first kappa shape index (κ1) is 19.7. The number of nitrogens with one attached hydrogen (secondary N) is 1. The first-order valence-corrected chi connectivity index (χ1v) is 8.18. The molecular weight excluding hydrogens is 355 g/mol. The van der Waals surface area contributed by atoms with Gasteiger partial charge in [0.25, 0.3) is 0 Å². The largest absolute Gasteiger partial charge is 0.508 e. The molecule has 136 valence electrons. The van der Waals surface area contributed by atoms with E-state index in [0.717, 1.165) is 17.7 Å². The molecule has 4 nitrogen and oxygen atoms in total. The summed E-state index contributed by atoms with van der Waals surface area (Å²) in [5, 5.41) is 13.4. The number of ketones is 1. The van der Waals surface area contributed by atoms with Crippen LogP contribution in [0.1, 0.15) is 35.7 Å². The van der Waals surface area contributed by atoms with Gasteiger partial charge in [-0.1, -0.05) is 19.1 Å². The lowest BCUT2D eigenvalue weighted by Gasteiger charge is -2.16. The maximum Gasteiger partial charge on any atom is 0.166 e. The number of carbonyl (C=O) groups is 1. The number of phenols is 1. The van der Waals surface area contributed by atoms with Crippen LogP contribution in [0.3, 0.4) is 0 Å². The first-order chi connectivity index (χ1) is 12.0. The molecule has 0 saturated heterocycles. The van der Waals surface area contributed by atoms with E-state index in [4.69, 9.17) is 0 Å². The number of Topliss-reactive ketones (excluding diaryl/α,β-unsaturated/α-hetero) is 1. The van der Waals surface area contributed by atoms with Gasteiger partial charge in [0.05, 0.1) is 11.3 Å². The number of aryl methyl sites for hydroxylation is 1. The number of para-hydroxylation sites is 1. The van der Waals surface area contributed by atoms with Gasteiger partial charge in [-0.3, -0.25) is 9.78 Å². The van der Waals surface area contributed by atoms with Crippen LogP contribution >= 0.6 is 12.4 Å². The summed E-state index contributed by atoms with van der Waals surface area (Å²) in [6.45, 7) is 3.78. The van der Waals surface area contributed by atoms with Crippen LogP contribution in [0, 0.1) is 12.7 Å². The summed E-state index contributed by atoms with van der Waals surface area (Å²) in [6.07, 6.45) is 2.55. The number of anilines is 2. The standard InChI is InChI=1S/C20H19FN2O2.ClH/c1-3-5-18(25)15-11-22-20-14(6-4-7-16(20)21)19(15)23-17-9-8-13(24)10-12(17)2;/h4,6-11,24H,3,5H2,1-2H3,(H,22,23);1H. The maximum absolute atomic E-state index is 14.1. The molecule has 6 heteroatoms. The maximum atomic E-state index is 14.1. The van der Waals surface area contributed by atoms with Crippen LogP contribution < -0.4 is 5.32 Å². The van der Waals surface area contributed by atoms with Crippen LogP contribution in [0.4, 0.5) is 15.8 Å². The van der Waals surface area contributed by atoms with Crippen molar-refractivity contribution in [2.75, 3.05) is 5.32 Å². The zero-order valence-electron chi connectivity index (χ0n) is 14.5. The molecule has 0 unspecified atom stereocenters. The lowest BCUT2D eigenvalue weighted by molar-refractivity contribution is 0.0982. The number of fused-ring (bicyclic) bond motifs is 1. The number of halogens is 2. The topological polar surface area (TPSA) is 62.2 Å². The molecule has 2 N–H and O–H groups in total. The summed E-state index contributed by atoms with van der Waals surface area (Å²) in [7, 11) is 0. The van der Waals surface area contributed by atoms with Crippen molar-refractivity contribution < 1.29 is 14.3 Å². The molecule has 0 aliphatic rings. The Morgan fingerprint density at radius 3 is 2.73 bits per heavy atom. The van der Waals surface area contributed by atoms with Crippen molar-refractivity contribution in [1.82, 2.24) is 4.98 Å². The third-order valence-electron chi connectivity index (χ3n) is 4.10. The van der Waals surface area contributed by atoms with Crippen molar-refractivity contribution in [3.8, 4) is 5.75 Å². The van der Waals surface area contributed by atoms with E-state index in [1.165, 1.54) is 12.3 Å². The van der Waals surface area contributed by atoms with Crippen molar-refractivity contribution in [3.63, 3.8) is 0 Å². The van der Waals surface area contributed by atoms with Gasteiger partial charge >= 0.3 is 0 Å². The molecule has 1 aromatic heterocycles. The summed E-state index contributed by atoms with van der Waals surface area (Å²) in [6, 6.07) is 9.60. The Bertz CT molecular complexity index is 960. The number of aromatic nitrogens is 1. The Morgan fingerprint density at radius 1 is 1.27 bits per heavy atom. The number of aromatic hydroxyl groups is 1. The molecule has 0 saturated carbocycles. The number of phenolic OH excluding ortho intramolecular Hbond substituents is 1. The molecule has 26 heavy (non-hydrogen) atoms. The first-order valence-electron chi connectivity index (χ1n) is 8.18. The Hall–Kier alpha value is -2.66. The van der Waals surface area contributed by atoms with Crippen LogP contribution in [0.2, 0.25) is 0 Å². The molecule has 0 bridgehead atoms. The predicted molar refractivity (Wildman–Crippen MR) is 104 cm³/mol. The molecule has 0 spiro atoms. The van der Waals surface area contributed by atoms with Gasteiger partial charge in [0.15, 0.2) is 5.78 Å². The Labute approximate surface area is 157 Å². The normalized spacial score (nSPS) is 10.4. The SMILES string of the molecule is CCCC(=O)c1cnc2c(F)cccc2c1Nc1ccc(O)cc1C.Cl. The van der Waals surface area contributed by atoms with E-state index in [2.05, 4.69) is 10.3 Å². The van der Waals surface area contributed by atoms with Crippen LogP contribution in [0.25, 0.3) is 10.9 Å². The molecule has 2 aromatic carbocycles. The van der Waals surface area contributed by atoms with Crippen molar-refractivity contribution in [3.05, 3.63) is 59.5 Å². The van der Waals surface area contributed by atoms with Gasteiger partial charge in [0, 0.05) is 23.7 Å². The van der Waals surface area contributed by atoms with E-state index in [1.807, 2.05) is 13.8 Å². The third-order valence-corrected chi connectivity index (χ3v) is 4.10. The van der Waals surface area contributed by atoms with Crippen LogP contribution in [0.15, 0.2) is 42.6 Å². The third kappa shape index (κ3) is 3.78. The molecule has 0 fully saturated rings. The number of hydrogen-bond donors (Lipinski definition) is 2. The number of carbonyl (C=O) groups excluding carboxylic acids is 1. The van der Waals surface area contributed by atoms with E-state index in [-0.39, 0.29) is 29.5 Å². The van der Waals surface area contributed by atoms with Gasteiger partial charge in [-0.2, -0.15) is 0 Å². The summed E-state index contributed by atoms with van der Waals surface area (Å²) in [4.78, 5) is 16.7. The van der Waals surface area contributed by atoms with Gasteiger partial charge in [0.1, 0.15) is 17.1 Å². The highest BCUT2D eigenvalue weighted by atomic mass is 35.5. The molecular formula is C20H20ClFN2O2. The summed E-state index contributed by atoms with van der Waals surface area (Å²) < 4.78 is 14.1. The van der Waals surface area contributed by atoms with E-state index < -0.39 is 5.82 Å². The van der Waals surface area contributed by atoms with Gasteiger partial charge in [-0.05, 0) is 43.2 Å². The van der Waals surface area contributed by atoms with Gasteiger partial charge in [0.2, 0.25) is 0 Å². The number of benzene rings is 2. The van der Waals surface area contributed by atoms with Gasteiger partial charge < -0.3 is 10.4 Å². The zero-order valence-corrected chi connectivity index (χ0v) is 15.4. The van der Waals surface area contributed by atoms with E-state index in [1.54, 1.807) is 30.3 Å². The second-order valence-electron chi connectivity index (χ2n) is 5.98. The zero-order chi connectivity index (χ0) is 18.0. The number of rotatable bonds is 5. The highest BCUT2D eigenvalue weighted by molar-refractivity contribution is 6.09. The number of hydrogen-bond acceptors (Lipinski definition) is 4. The molecule has 0 aliphatic carbocycles. The molecule has 3 aromatic rings. The van der Waals surface area contributed by atoms with Crippen molar-refractivity contribution in [1.29, 1.82) is 0 Å². The van der Waals surface area contributed by atoms with Crippen LogP contribution in [0.5, 0.6) is 5.75 Å². The second-order valence-corrected chi connectivity index (χ2v) is 5.98. The molecule has 0 radical (unpaired) electrons. The van der Waals surface area contributed by atoms with Crippen molar-refractivity contribution >= 4 is 40.5 Å². The number of nitrogens with zero attached hydrogens (tertiary/aromatic N) is 1. The lowest BCUT2D eigenvalue weighted by Crippen LogP contribution is -2.06. The smallest absolute Gasteiger partial charge is 0.166 e. The molecule has 0 atom stereocenters. The van der Waals surface area contributed by atoms with E-state index >= 15 is 0 Å². The molecule has 1 heterocycles. The Morgan fingerprint density at radius 2 is 2.04 bits per heavy atom. The predicted octanol–water partition coefficient (Wildman–Crippen LogP) is 5.54. The van der Waals surface area contributed by atoms with Crippen LogP contribution in [-0.2, 0) is 0 Å². The number of pyridine rings is 1. The Kier molecular flexibility index (Phi) is 6.16. The summed E-state index contributed by atoms with van der Waals surface area (Å²) in [5.41, 5.74) is 2.74. The lowest BCUT2D eigenvalue weighted by atomic mass is 10.0.